The summed E-state index contributed by atoms with van der Waals surface area (Å²) in [5.41, 5.74) is 4.08. The van der Waals surface area contributed by atoms with E-state index in [4.69, 9.17) is 16.6 Å². The minimum absolute atomic E-state index is 0.180. The first-order chi connectivity index (χ1) is 16.2. The molecule has 0 aliphatic rings. The first kappa shape index (κ1) is 19.6. The zero-order valence-corrected chi connectivity index (χ0v) is 18.4. The van der Waals surface area contributed by atoms with Crippen LogP contribution in [-0.4, -0.2) is 15.0 Å². The van der Waals surface area contributed by atoms with Gasteiger partial charge in [0, 0.05) is 11.1 Å². The molecule has 1 aromatic heterocycles. The maximum absolute atomic E-state index is 6.36. The minimum atomic E-state index is 0.180. The molecular formula is C29H18ClN3. The van der Waals surface area contributed by atoms with Gasteiger partial charge in [-0.25, -0.2) is 4.98 Å². The predicted octanol–water partition coefficient (Wildman–Crippen LogP) is 7.83. The molecule has 0 fully saturated rings. The summed E-state index contributed by atoms with van der Waals surface area (Å²) in [6, 6.07) is 37.4. The summed E-state index contributed by atoms with van der Waals surface area (Å²) >= 11 is 6.36. The molecule has 0 N–H and O–H groups in total. The van der Waals surface area contributed by atoms with E-state index in [0.29, 0.717) is 11.6 Å². The molecule has 0 radical (unpaired) electrons. The molecule has 6 aromatic rings. The van der Waals surface area contributed by atoms with Crippen LogP contribution < -0.4 is 0 Å². The van der Waals surface area contributed by atoms with E-state index in [1.807, 2.05) is 42.5 Å². The van der Waals surface area contributed by atoms with E-state index in [9.17, 15) is 0 Å². The molecular weight excluding hydrogens is 426 g/mol. The molecule has 0 bridgehead atoms. The lowest BCUT2D eigenvalue weighted by Gasteiger charge is -2.12. The van der Waals surface area contributed by atoms with Gasteiger partial charge in [-0.3, -0.25) is 0 Å². The average Bonchev–Trinajstić information content (AvgIpc) is 2.88. The van der Waals surface area contributed by atoms with Crippen molar-refractivity contribution < 1.29 is 0 Å². The first-order valence-corrected chi connectivity index (χ1v) is 11.1. The molecule has 0 amide bonds. The number of rotatable bonds is 3. The van der Waals surface area contributed by atoms with Crippen LogP contribution in [0.4, 0.5) is 0 Å². The van der Waals surface area contributed by atoms with Crippen LogP contribution in [-0.2, 0) is 0 Å². The molecule has 0 saturated carbocycles. The van der Waals surface area contributed by atoms with Gasteiger partial charge in [0.2, 0.25) is 5.28 Å². The number of fused-ring (bicyclic) bond motifs is 2. The van der Waals surface area contributed by atoms with Crippen LogP contribution >= 0.6 is 11.6 Å². The van der Waals surface area contributed by atoms with Crippen molar-refractivity contribution in [2.75, 3.05) is 0 Å². The highest BCUT2D eigenvalue weighted by Crippen LogP contribution is 2.34. The van der Waals surface area contributed by atoms with E-state index < -0.39 is 0 Å². The molecule has 0 aliphatic carbocycles. The second-order valence-electron chi connectivity index (χ2n) is 7.92. The van der Waals surface area contributed by atoms with E-state index in [1.165, 1.54) is 10.8 Å². The van der Waals surface area contributed by atoms with Gasteiger partial charge >= 0.3 is 0 Å². The van der Waals surface area contributed by atoms with Gasteiger partial charge in [-0.1, -0.05) is 91.0 Å². The fourth-order valence-corrected chi connectivity index (χ4v) is 4.38. The van der Waals surface area contributed by atoms with Gasteiger partial charge in [-0.2, -0.15) is 9.97 Å². The highest BCUT2D eigenvalue weighted by Gasteiger charge is 2.14. The second kappa shape index (κ2) is 8.12. The topological polar surface area (TPSA) is 38.7 Å². The van der Waals surface area contributed by atoms with Crippen molar-refractivity contribution in [1.29, 1.82) is 0 Å². The van der Waals surface area contributed by atoms with Crippen molar-refractivity contribution in [2.24, 2.45) is 0 Å². The van der Waals surface area contributed by atoms with Crippen molar-refractivity contribution in [3.8, 4) is 33.9 Å². The van der Waals surface area contributed by atoms with Gasteiger partial charge in [0.15, 0.2) is 11.6 Å². The van der Waals surface area contributed by atoms with Crippen LogP contribution in [0.5, 0.6) is 0 Å². The van der Waals surface area contributed by atoms with E-state index >= 15 is 0 Å². The summed E-state index contributed by atoms with van der Waals surface area (Å²) in [7, 11) is 0. The Morgan fingerprint density at radius 1 is 0.455 bits per heavy atom. The Labute approximate surface area is 196 Å². The lowest BCUT2D eigenvalue weighted by atomic mass is 9.95. The third kappa shape index (κ3) is 3.73. The summed E-state index contributed by atoms with van der Waals surface area (Å²) < 4.78 is 0. The second-order valence-corrected chi connectivity index (χ2v) is 8.26. The highest BCUT2D eigenvalue weighted by molar-refractivity contribution is 6.28. The van der Waals surface area contributed by atoms with Crippen LogP contribution in [0.25, 0.3) is 55.4 Å². The lowest BCUT2D eigenvalue weighted by Crippen LogP contribution is -1.98. The lowest BCUT2D eigenvalue weighted by molar-refractivity contribution is 1.07. The molecule has 6 rings (SSSR count). The van der Waals surface area contributed by atoms with Gasteiger partial charge in [0.25, 0.3) is 0 Å². The molecule has 0 unspecified atom stereocenters. The van der Waals surface area contributed by atoms with Gasteiger partial charge in [0.1, 0.15) is 0 Å². The van der Waals surface area contributed by atoms with Crippen molar-refractivity contribution in [3.63, 3.8) is 0 Å². The number of benzene rings is 5. The highest BCUT2D eigenvalue weighted by atomic mass is 35.5. The standard InChI is InChI=1S/C29H18ClN3/c30-29-32-27(20-9-2-1-3-10-20)31-28(33-29)26-18-24(17-23-12-6-7-13-25(23)26)22-15-14-19-8-4-5-11-21(19)16-22/h1-18H. The van der Waals surface area contributed by atoms with E-state index in [-0.39, 0.29) is 5.28 Å². The maximum Gasteiger partial charge on any atom is 0.226 e. The van der Waals surface area contributed by atoms with Crippen LogP contribution in [0.15, 0.2) is 109 Å². The monoisotopic (exact) mass is 443 g/mol. The van der Waals surface area contributed by atoms with E-state index in [1.54, 1.807) is 0 Å². The normalized spacial score (nSPS) is 11.2. The van der Waals surface area contributed by atoms with Crippen LogP contribution in [0.1, 0.15) is 0 Å². The average molecular weight is 444 g/mol. The quantitative estimate of drug-likeness (QED) is 0.279. The zero-order valence-electron chi connectivity index (χ0n) is 17.6. The molecule has 0 aliphatic heterocycles. The van der Waals surface area contributed by atoms with Crippen LogP contribution in [0, 0.1) is 0 Å². The summed E-state index contributed by atoms with van der Waals surface area (Å²) in [6.07, 6.45) is 0. The number of aromatic nitrogens is 3. The van der Waals surface area contributed by atoms with Gasteiger partial charge < -0.3 is 0 Å². The third-order valence-electron chi connectivity index (χ3n) is 5.83. The summed E-state index contributed by atoms with van der Waals surface area (Å²) in [5, 5.41) is 4.80. The minimum Gasteiger partial charge on any atom is -0.208 e. The first-order valence-electron chi connectivity index (χ1n) is 10.7. The SMILES string of the molecule is Clc1nc(-c2ccccc2)nc(-c2cc(-c3ccc4ccccc4c3)cc3ccccc23)n1. The molecule has 3 nitrogen and oxygen atoms in total. The Kier molecular flexibility index (Phi) is 4.82. The van der Waals surface area contributed by atoms with Gasteiger partial charge in [-0.15, -0.1) is 0 Å². The summed E-state index contributed by atoms with van der Waals surface area (Å²) in [4.78, 5) is 13.7. The summed E-state index contributed by atoms with van der Waals surface area (Å²) in [6.45, 7) is 0. The Balaban J connectivity index is 1.58. The number of halogens is 1. The van der Waals surface area contributed by atoms with Gasteiger partial charge in [-0.05, 0) is 62.5 Å². The Morgan fingerprint density at radius 2 is 1.12 bits per heavy atom. The van der Waals surface area contributed by atoms with E-state index in [0.717, 1.165) is 33.0 Å². The van der Waals surface area contributed by atoms with Crippen molar-refractivity contribution in [2.45, 2.75) is 0 Å². The number of hydrogen-bond acceptors (Lipinski definition) is 3. The number of nitrogens with zero attached hydrogens (tertiary/aromatic N) is 3. The predicted molar refractivity (Wildman–Crippen MR) is 136 cm³/mol. The molecule has 0 saturated heterocycles. The summed E-state index contributed by atoms with van der Waals surface area (Å²) in [5.74, 6) is 1.12. The fraction of sp³-hybridized carbons (Fsp3) is 0. The Bertz CT molecular complexity index is 1630. The fourth-order valence-electron chi connectivity index (χ4n) is 4.22. The van der Waals surface area contributed by atoms with Crippen molar-refractivity contribution in [1.82, 2.24) is 15.0 Å². The Hall–Kier alpha value is -4.08. The zero-order chi connectivity index (χ0) is 22.2. The smallest absolute Gasteiger partial charge is 0.208 e. The third-order valence-corrected chi connectivity index (χ3v) is 5.99. The Morgan fingerprint density at radius 3 is 1.97 bits per heavy atom. The van der Waals surface area contributed by atoms with Crippen LogP contribution in [0.3, 0.4) is 0 Å². The molecule has 156 valence electrons. The molecule has 33 heavy (non-hydrogen) atoms. The largest absolute Gasteiger partial charge is 0.226 e. The van der Waals surface area contributed by atoms with E-state index in [2.05, 4.69) is 76.7 Å². The van der Waals surface area contributed by atoms with Gasteiger partial charge in [0.05, 0.1) is 0 Å². The molecule has 4 heteroatoms. The molecule has 0 atom stereocenters. The van der Waals surface area contributed by atoms with Crippen LogP contribution in [0.2, 0.25) is 5.28 Å². The molecule has 0 spiro atoms. The molecule has 1 heterocycles. The molecule has 5 aromatic carbocycles. The van der Waals surface area contributed by atoms with Crippen molar-refractivity contribution >= 4 is 33.1 Å². The number of hydrogen-bond donors (Lipinski definition) is 0. The van der Waals surface area contributed by atoms with Crippen molar-refractivity contribution in [3.05, 3.63) is 114 Å². The maximum atomic E-state index is 6.36.